The number of esters is 2. The number of ether oxygens (including phenoxy) is 5. The van der Waals surface area contributed by atoms with E-state index in [1.54, 1.807) is 6.07 Å². The number of rotatable bonds is 16. The zero-order valence-electron chi connectivity index (χ0n) is 30.5. The molecule has 8 rings (SSSR count). The van der Waals surface area contributed by atoms with E-state index < -0.39 is 30.7 Å². The molecule has 1 N–H and O–H groups in total. The van der Waals surface area contributed by atoms with Gasteiger partial charge in [-0.2, -0.15) is 13.5 Å². The summed E-state index contributed by atoms with van der Waals surface area (Å²) in [5.74, 6) is -0.426. The maximum Gasteiger partial charge on any atom is 0.387 e. The van der Waals surface area contributed by atoms with E-state index in [0.717, 1.165) is 51.2 Å². The van der Waals surface area contributed by atoms with Gasteiger partial charge in [0, 0.05) is 18.5 Å². The second kappa shape index (κ2) is 17.5. The predicted octanol–water partition coefficient (Wildman–Crippen LogP) is 7.96. The number of halogens is 4. The predicted molar refractivity (Wildman–Crippen MR) is 203 cm³/mol. The molecule has 0 amide bonds. The third kappa shape index (κ3) is 9.56. The number of nitrogens with zero attached hydrogens (tertiary/aromatic N) is 2. The number of carbonyl (C=O) groups excluding carboxylic acids is 2. The number of fused-ring (bicyclic) bond motifs is 3. The Bertz CT molecular complexity index is 2010. The molecular weight excluding hydrogens is 771 g/mol. The summed E-state index contributed by atoms with van der Waals surface area (Å²) in [7, 11) is 1.44. The van der Waals surface area contributed by atoms with Crippen LogP contribution in [0.2, 0.25) is 10.0 Å². The minimum Gasteiger partial charge on any atom is -0.619 e. The lowest BCUT2D eigenvalue weighted by atomic mass is 9.86. The minimum absolute atomic E-state index is 0.0357. The van der Waals surface area contributed by atoms with Crippen LogP contribution in [0.3, 0.4) is 0 Å². The SMILES string of the molecule is COc1cc(C(=O)OC(Cc2c(Cl)c[n+]([O-])cc2Cl)c2ccc(OC(F)F)c(OCC3CC3)c2)ccc1NC(C(=O)O[C@H]1CN2CCC1CC2)c1ccccc1. The summed E-state index contributed by atoms with van der Waals surface area (Å²) in [6.07, 6.45) is 4.79. The van der Waals surface area contributed by atoms with Gasteiger partial charge in [0.1, 0.15) is 28.0 Å². The molecule has 3 aliphatic heterocycles. The van der Waals surface area contributed by atoms with Crippen LogP contribution >= 0.6 is 23.2 Å². The van der Waals surface area contributed by atoms with E-state index in [1.165, 1.54) is 37.4 Å². The van der Waals surface area contributed by atoms with Crippen LogP contribution in [0.1, 0.15) is 64.9 Å². The second-order valence-electron chi connectivity index (χ2n) is 14.2. The number of hydrogen-bond acceptors (Lipinski definition) is 10. The molecule has 11 nitrogen and oxygen atoms in total. The summed E-state index contributed by atoms with van der Waals surface area (Å²) in [6.45, 7) is -0.0536. The summed E-state index contributed by atoms with van der Waals surface area (Å²) < 4.78 is 55.6. The summed E-state index contributed by atoms with van der Waals surface area (Å²) in [4.78, 5) is 30.0. The van der Waals surface area contributed by atoms with Crippen molar-refractivity contribution in [2.24, 2.45) is 11.8 Å². The lowest BCUT2D eigenvalue weighted by Gasteiger charge is -2.44. The molecule has 15 heteroatoms. The van der Waals surface area contributed by atoms with Crippen molar-refractivity contribution in [3.05, 3.63) is 117 Å². The molecule has 1 aromatic heterocycles. The Kier molecular flexibility index (Phi) is 12.3. The number of benzene rings is 3. The van der Waals surface area contributed by atoms with E-state index in [4.69, 9.17) is 46.9 Å². The Hall–Kier alpha value is -4.85. The molecule has 4 fully saturated rings. The van der Waals surface area contributed by atoms with E-state index in [9.17, 15) is 23.6 Å². The molecule has 1 saturated carbocycles. The Morgan fingerprint density at radius 2 is 1.66 bits per heavy atom. The topological polar surface area (TPSA) is 122 Å². The fraction of sp³-hybridized carbons (Fsp3) is 0.390. The Labute approximate surface area is 332 Å². The van der Waals surface area contributed by atoms with Crippen LogP contribution in [0.15, 0.2) is 79.1 Å². The van der Waals surface area contributed by atoms with Crippen molar-refractivity contribution in [3.8, 4) is 17.2 Å². The van der Waals surface area contributed by atoms with Gasteiger partial charge in [0.05, 0.1) is 25.0 Å². The number of aromatic nitrogens is 1. The normalized spacial score (nSPS) is 19.9. The van der Waals surface area contributed by atoms with Gasteiger partial charge in [-0.15, -0.1) is 0 Å². The van der Waals surface area contributed by atoms with E-state index in [-0.39, 0.29) is 45.4 Å². The summed E-state index contributed by atoms with van der Waals surface area (Å²) in [5.41, 5.74) is 1.92. The van der Waals surface area contributed by atoms with Gasteiger partial charge in [0.2, 0.25) is 0 Å². The van der Waals surface area contributed by atoms with Crippen molar-refractivity contribution >= 4 is 40.8 Å². The smallest absolute Gasteiger partial charge is 0.387 e. The van der Waals surface area contributed by atoms with Gasteiger partial charge in [-0.05, 0) is 92.1 Å². The van der Waals surface area contributed by atoms with Crippen LogP contribution in [0.25, 0.3) is 0 Å². The van der Waals surface area contributed by atoms with Crippen LogP contribution in [0.4, 0.5) is 14.5 Å². The third-order valence-electron chi connectivity index (χ3n) is 10.4. The molecule has 3 saturated heterocycles. The van der Waals surface area contributed by atoms with E-state index in [0.29, 0.717) is 52.1 Å². The first-order valence-electron chi connectivity index (χ1n) is 18.5. The average Bonchev–Trinajstić information content (AvgIpc) is 4.03. The van der Waals surface area contributed by atoms with Gasteiger partial charge in [-0.3, -0.25) is 4.90 Å². The zero-order valence-corrected chi connectivity index (χ0v) is 32.0. The molecule has 296 valence electrons. The number of pyridine rings is 1. The number of anilines is 1. The van der Waals surface area contributed by atoms with Crippen LogP contribution in [-0.2, 0) is 20.7 Å². The van der Waals surface area contributed by atoms with Crippen molar-refractivity contribution in [1.29, 1.82) is 0 Å². The number of piperidine rings is 3. The Morgan fingerprint density at radius 1 is 0.929 bits per heavy atom. The maximum atomic E-state index is 13.9. The molecule has 56 heavy (non-hydrogen) atoms. The molecule has 4 aliphatic rings. The van der Waals surface area contributed by atoms with Crippen LogP contribution in [0, 0.1) is 17.0 Å². The highest BCUT2D eigenvalue weighted by Crippen LogP contribution is 2.39. The molecule has 1 aliphatic carbocycles. The second-order valence-corrected chi connectivity index (χ2v) is 15.1. The van der Waals surface area contributed by atoms with Crippen LogP contribution in [-0.4, -0.2) is 62.9 Å². The van der Waals surface area contributed by atoms with Crippen molar-refractivity contribution in [1.82, 2.24) is 4.90 Å². The van der Waals surface area contributed by atoms with Crippen molar-refractivity contribution in [3.63, 3.8) is 0 Å². The van der Waals surface area contributed by atoms with Crippen molar-refractivity contribution in [2.75, 3.05) is 38.7 Å². The lowest BCUT2D eigenvalue weighted by molar-refractivity contribution is -0.605. The first-order chi connectivity index (χ1) is 27.0. The molecule has 4 aromatic rings. The van der Waals surface area contributed by atoms with E-state index >= 15 is 0 Å². The summed E-state index contributed by atoms with van der Waals surface area (Å²) in [6, 6.07) is 17.2. The number of carbonyl (C=O) groups is 2. The number of methoxy groups -OCH3 is 1. The number of nitrogens with one attached hydrogen (secondary N) is 1. The molecular formula is C41H41Cl2F2N3O8. The average molecular weight is 813 g/mol. The van der Waals surface area contributed by atoms with Crippen LogP contribution < -0.4 is 24.3 Å². The molecule has 3 atom stereocenters. The van der Waals surface area contributed by atoms with Crippen molar-refractivity contribution < 1.29 is 46.8 Å². The van der Waals surface area contributed by atoms with Gasteiger partial charge in [-0.1, -0.05) is 59.6 Å². The van der Waals surface area contributed by atoms with E-state index in [1.807, 2.05) is 30.3 Å². The van der Waals surface area contributed by atoms with Gasteiger partial charge < -0.3 is 34.2 Å². The fourth-order valence-corrected chi connectivity index (χ4v) is 7.74. The molecule has 0 spiro atoms. The molecule has 0 radical (unpaired) electrons. The summed E-state index contributed by atoms with van der Waals surface area (Å²) in [5, 5.41) is 15.3. The first kappa shape index (κ1) is 39.4. The minimum atomic E-state index is -3.09. The molecule has 2 bridgehead atoms. The largest absolute Gasteiger partial charge is 0.619 e. The van der Waals surface area contributed by atoms with Gasteiger partial charge in [-0.25, -0.2) is 9.59 Å². The fourth-order valence-electron chi connectivity index (χ4n) is 7.14. The highest BCUT2D eigenvalue weighted by molar-refractivity contribution is 6.35. The first-order valence-corrected chi connectivity index (χ1v) is 19.2. The molecule has 4 heterocycles. The standard InChI is InChI=1S/C41H41Cl2F2N3O8/c1-52-35-18-28(9-11-32(35)46-38(26-5-3-2-4-6-26)40(50)55-37-22-47-15-13-25(37)14-16-47)39(49)54-34(19-29-30(42)20-48(51)21-31(29)43)27-10-12-33(56-41(44)45)36(17-27)53-23-24-7-8-24/h2-6,9-12,17-18,20-21,24-25,34,37-38,41,46H,7-8,13-16,19,22-23H2,1H3/t34?,37-,38?/m0/s1. The highest BCUT2D eigenvalue weighted by atomic mass is 35.5. The van der Waals surface area contributed by atoms with Crippen LogP contribution in [0.5, 0.6) is 17.2 Å². The van der Waals surface area contributed by atoms with Crippen molar-refractivity contribution in [2.45, 2.75) is 57.0 Å². The molecule has 3 aromatic carbocycles. The number of alkyl halides is 2. The number of hydrogen-bond donors (Lipinski definition) is 1. The highest BCUT2D eigenvalue weighted by Gasteiger charge is 2.38. The lowest BCUT2D eigenvalue weighted by Crippen LogP contribution is -2.52. The monoisotopic (exact) mass is 811 g/mol. The maximum absolute atomic E-state index is 13.9. The van der Waals surface area contributed by atoms with Gasteiger partial charge in [0.25, 0.3) is 0 Å². The van der Waals surface area contributed by atoms with Gasteiger partial charge >= 0.3 is 18.6 Å². The van der Waals surface area contributed by atoms with E-state index in [2.05, 4.69) is 10.2 Å². The Balaban J connectivity index is 1.15. The zero-order chi connectivity index (χ0) is 39.3. The quantitative estimate of drug-likeness (QED) is 0.0678. The summed E-state index contributed by atoms with van der Waals surface area (Å²) >= 11 is 12.9. The van der Waals surface area contributed by atoms with Gasteiger partial charge in [0.15, 0.2) is 29.9 Å². The molecule has 2 unspecified atom stereocenters. The third-order valence-corrected chi connectivity index (χ3v) is 11.0. The Morgan fingerprint density at radius 3 is 2.30 bits per heavy atom.